The highest BCUT2D eigenvalue weighted by Gasteiger charge is 2.32. The number of hydrogen-bond donors (Lipinski definition) is 0. The zero-order valence-electron chi connectivity index (χ0n) is 14.6. The van der Waals surface area contributed by atoms with Crippen LogP contribution in [0.1, 0.15) is 16.7 Å². The first-order chi connectivity index (χ1) is 13.6. The summed E-state index contributed by atoms with van der Waals surface area (Å²) in [6.45, 7) is 0. The minimum atomic E-state index is -4.48. The van der Waals surface area contributed by atoms with E-state index in [9.17, 15) is 26.3 Å². The van der Waals surface area contributed by atoms with Gasteiger partial charge in [0, 0.05) is 0 Å². The minimum Gasteiger partial charge on any atom is -0.192 e. The molecule has 0 aliphatic carbocycles. The fourth-order valence-corrected chi connectivity index (χ4v) is 4.97. The number of halogens is 6. The van der Waals surface area contributed by atoms with Gasteiger partial charge in [0.2, 0.25) is 0 Å². The maximum absolute atomic E-state index is 12.9. The first kappa shape index (κ1) is 20.9. The second-order valence-corrected chi connectivity index (χ2v) is 8.30. The summed E-state index contributed by atoms with van der Waals surface area (Å²) in [6.07, 6.45) is -8.96. The van der Waals surface area contributed by atoms with Crippen molar-refractivity contribution in [3.05, 3.63) is 89.5 Å². The van der Waals surface area contributed by atoms with Crippen molar-refractivity contribution in [2.45, 2.75) is 12.4 Å². The summed E-state index contributed by atoms with van der Waals surface area (Å²) in [5.74, 6) is 0. The maximum Gasteiger partial charge on any atom is 0.416 e. The molecule has 1 nitrogen and oxygen atoms in total. The number of hydrogen-bond acceptors (Lipinski definition) is 1. The summed E-state index contributed by atoms with van der Waals surface area (Å²) < 4.78 is 77.2. The Morgan fingerprint density at radius 3 is 1.14 bits per heavy atom. The predicted octanol–water partition coefficient (Wildman–Crippen LogP) is 5.35. The van der Waals surface area contributed by atoms with Crippen LogP contribution in [0, 0.1) is 11.3 Å². The number of nitrogens with zero attached hydrogens (tertiary/aromatic N) is 1. The average Bonchev–Trinajstić information content (AvgIpc) is 2.68. The summed E-state index contributed by atoms with van der Waals surface area (Å²) in [4.78, 5) is 0. The predicted molar refractivity (Wildman–Crippen MR) is 99.9 cm³/mol. The van der Waals surface area contributed by atoms with E-state index in [4.69, 9.17) is 5.26 Å². The van der Waals surface area contributed by atoms with E-state index < -0.39 is 31.4 Å². The minimum absolute atomic E-state index is 0.406. The van der Waals surface area contributed by atoms with Crippen LogP contribution in [0.2, 0.25) is 0 Å². The zero-order chi connectivity index (χ0) is 21.2. The Balaban J connectivity index is 2.08. The van der Waals surface area contributed by atoms with E-state index in [2.05, 4.69) is 0 Å². The molecule has 29 heavy (non-hydrogen) atoms. The molecule has 0 saturated heterocycles. The van der Waals surface area contributed by atoms with Crippen molar-refractivity contribution in [3.8, 4) is 6.07 Å². The number of rotatable bonds is 3. The molecule has 0 N–H and O–H groups in total. The highest BCUT2D eigenvalue weighted by molar-refractivity contribution is 7.79. The van der Waals surface area contributed by atoms with Crippen molar-refractivity contribution in [2.75, 3.05) is 0 Å². The Morgan fingerprint density at radius 2 is 0.862 bits per heavy atom. The van der Waals surface area contributed by atoms with E-state index in [0.717, 1.165) is 24.3 Å². The van der Waals surface area contributed by atoms with Gasteiger partial charge in [-0.1, -0.05) is 36.4 Å². The molecule has 0 aliphatic heterocycles. The second-order valence-electron chi connectivity index (χ2n) is 6.08. The Kier molecular flexibility index (Phi) is 5.68. The standard InChI is InChI=1S/C21H12F6NP/c22-20(23,24)15-3-9-18(10-4-15)29(17-7-1-14(13-28)2-8-17)19-11-5-16(6-12-19)21(25,26)27/h1-12H. The molecule has 0 amide bonds. The van der Waals surface area contributed by atoms with Gasteiger partial charge in [0.05, 0.1) is 22.8 Å². The second kappa shape index (κ2) is 7.88. The van der Waals surface area contributed by atoms with E-state index in [1.165, 1.54) is 24.3 Å². The van der Waals surface area contributed by atoms with Crippen LogP contribution in [-0.2, 0) is 12.4 Å². The normalized spacial score (nSPS) is 12.1. The van der Waals surface area contributed by atoms with Gasteiger partial charge in [0.25, 0.3) is 0 Å². The monoisotopic (exact) mass is 423 g/mol. The summed E-state index contributed by atoms with van der Waals surface area (Å²) in [6, 6.07) is 17.6. The topological polar surface area (TPSA) is 23.8 Å². The number of benzene rings is 3. The number of nitriles is 1. The summed E-state index contributed by atoms with van der Waals surface area (Å²) >= 11 is 0. The van der Waals surface area contributed by atoms with Crippen LogP contribution in [0.5, 0.6) is 0 Å². The summed E-state index contributed by atoms with van der Waals surface area (Å²) in [7, 11) is -1.40. The molecule has 0 aromatic heterocycles. The molecule has 0 fully saturated rings. The van der Waals surface area contributed by atoms with E-state index in [-0.39, 0.29) is 0 Å². The number of alkyl halides is 6. The molecular weight excluding hydrogens is 411 g/mol. The third-order valence-corrected chi connectivity index (χ3v) is 6.60. The molecule has 0 spiro atoms. The molecule has 0 heterocycles. The molecule has 148 valence electrons. The molecule has 0 saturated carbocycles. The van der Waals surface area contributed by atoms with Crippen LogP contribution in [-0.4, -0.2) is 0 Å². The van der Waals surface area contributed by atoms with Gasteiger partial charge in [-0.15, -0.1) is 0 Å². The van der Waals surface area contributed by atoms with Gasteiger partial charge >= 0.3 is 12.4 Å². The molecule has 8 heteroatoms. The molecule has 0 radical (unpaired) electrons. The third-order valence-electron chi connectivity index (χ3n) is 4.16. The van der Waals surface area contributed by atoms with Gasteiger partial charge in [0.1, 0.15) is 0 Å². The van der Waals surface area contributed by atoms with Crippen molar-refractivity contribution in [3.63, 3.8) is 0 Å². The lowest BCUT2D eigenvalue weighted by atomic mass is 10.2. The zero-order valence-corrected chi connectivity index (χ0v) is 15.5. The molecule has 3 rings (SSSR count). The Labute approximate surface area is 164 Å². The van der Waals surface area contributed by atoms with Crippen molar-refractivity contribution in [1.82, 2.24) is 0 Å². The fourth-order valence-electron chi connectivity index (χ4n) is 2.73. The van der Waals surface area contributed by atoms with Gasteiger partial charge in [-0.25, -0.2) is 0 Å². The van der Waals surface area contributed by atoms with Gasteiger partial charge < -0.3 is 0 Å². The van der Waals surface area contributed by atoms with E-state index in [1.54, 1.807) is 24.3 Å². The first-order valence-corrected chi connectivity index (χ1v) is 9.58. The summed E-state index contributed by atoms with van der Waals surface area (Å²) in [5, 5.41) is 10.8. The Hall–Kier alpha value is -2.84. The highest BCUT2D eigenvalue weighted by atomic mass is 31.1. The average molecular weight is 423 g/mol. The molecule has 0 unspecified atom stereocenters. The highest BCUT2D eigenvalue weighted by Crippen LogP contribution is 2.36. The van der Waals surface area contributed by atoms with E-state index >= 15 is 0 Å². The molecule has 3 aromatic rings. The van der Waals surface area contributed by atoms with Crippen molar-refractivity contribution >= 4 is 23.8 Å². The van der Waals surface area contributed by atoms with Crippen molar-refractivity contribution < 1.29 is 26.3 Å². The lowest BCUT2D eigenvalue weighted by Gasteiger charge is -2.20. The molecule has 0 aliphatic rings. The van der Waals surface area contributed by atoms with Crippen LogP contribution < -0.4 is 15.9 Å². The maximum atomic E-state index is 12.9. The van der Waals surface area contributed by atoms with Gasteiger partial charge in [-0.2, -0.15) is 31.6 Å². The van der Waals surface area contributed by atoms with Crippen LogP contribution in [0.25, 0.3) is 0 Å². The van der Waals surface area contributed by atoms with Crippen LogP contribution in [0.4, 0.5) is 26.3 Å². The lowest BCUT2D eigenvalue weighted by Crippen LogP contribution is -2.21. The molecule has 0 atom stereocenters. The fraction of sp³-hybridized carbons (Fsp3) is 0.0952. The van der Waals surface area contributed by atoms with Gasteiger partial charge in [-0.3, -0.25) is 0 Å². The van der Waals surface area contributed by atoms with Crippen molar-refractivity contribution in [1.29, 1.82) is 5.26 Å². The smallest absolute Gasteiger partial charge is 0.192 e. The Bertz CT molecular complexity index is 956. The van der Waals surface area contributed by atoms with Crippen LogP contribution >= 0.6 is 7.92 Å². The van der Waals surface area contributed by atoms with E-state index in [0.29, 0.717) is 21.5 Å². The largest absolute Gasteiger partial charge is 0.416 e. The van der Waals surface area contributed by atoms with Crippen LogP contribution in [0.3, 0.4) is 0 Å². The lowest BCUT2D eigenvalue weighted by molar-refractivity contribution is -0.138. The summed E-state index contributed by atoms with van der Waals surface area (Å²) in [5.41, 5.74) is -1.20. The Morgan fingerprint density at radius 1 is 0.552 bits per heavy atom. The van der Waals surface area contributed by atoms with Crippen LogP contribution in [0.15, 0.2) is 72.8 Å². The van der Waals surface area contributed by atoms with E-state index in [1.807, 2.05) is 6.07 Å². The quantitative estimate of drug-likeness (QED) is 0.411. The first-order valence-electron chi connectivity index (χ1n) is 8.24. The molecule has 0 bridgehead atoms. The van der Waals surface area contributed by atoms with Gasteiger partial charge in [0.15, 0.2) is 0 Å². The SMILES string of the molecule is N#Cc1ccc(P(c2ccc(C(F)(F)F)cc2)c2ccc(C(F)(F)F)cc2)cc1. The van der Waals surface area contributed by atoms with Gasteiger partial charge in [-0.05, 0) is 60.2 Å². The third kappa shape index (κ3) is 4.78. The van der Waals surface area contributed by atoms with Crippen molar-refractivity contribution in [2.24, 2.45) is 0 Å². The molecular formula is C21H12F6NP. The molecule has 3 aromatic carbocycles.